The van der Waals surface area contributed by atoms with Gasteiger partial charge in [0.05, 0.1) is 6.61 Å². The first-order chi connectivity index (χ1) is 15.7. The minimum atomic E-state index is -1.94. The predicted molar refractivity (Wildman–Crippen MR) is 127 cm³/mol. The number of unbranched alkanes of at least 4 members (excludes halogenated alkanes) is 1. The second-order valence-corrected chi connectivity index (χ2v) is 9.00. The largest absolute Gasteiger partial charge is 0.494 e. The van der Waals surface area contributed by atoms with Gasteiger partial charge in [-0.2, -0.15) is 0 Å². The van der Waals surface area contributed by atoms with Crippen molar-refractivity contribution in [3.8, 4) is 5.75 Å². The number of rotatable bonds is 10. The van der Waals surface area contributed by atoms with Gasteiger partial charge in [-0.3, -0.25) is 4.79 Å². The SMILES string of the molecule is CCCCOc1ccc(NC(=O)C(C)(O)C2(O)CCN(CCc3ccc(F)cc3)CC2)cc1. The lowest BCUT2D eigenvalue weighted by atomic mass is 9.76. The number of likely N-dealkylation sites (tertiary alicyclic amines) is 1. The number of aliphatic hydroxyl groups is 2. The van der Waals surface area contributed by atoms with E-state index in [4.69, 9.17) is 4.74 Å². The number of benzene rings is 2. The Balaban J connectivity index is 1.51. The number of nitrogens with zero attached hydrogens (tertiary/aromatic N) is 1. The molecule has 1 aliphatic heterocycles. The molecule has 1 amide bonds. The second kappa shape index (κ2) is 11.1. The molecule has 1 saturated heterocycles. The molecule has 6 nitrogen and oxygen atoms in total. The van der Waals surface area contributed by atoms with Crippen LogP contribution in [0.15, 0.2) is 48.5 Å². The summed E-state index contributed by atoms with van der Waals surface area (Å²) in [5.41, 5.74) is -1.88. The van der Waals surface area contributed by atoms with E-state index >= 15 is 0 Å². The molecule has 2 aromatic carbocycles. The molecule has 7 heteroatoms. The maximum atomic E-state index is 13.1. The van der Waals surface area contributed by atoms with E-state index in [2.05, 4.69) is 17.1 Å². The molecule has 0 spiro atoms. The number of piperidine rings is 1. The van der Waals surface area contributed by atoms with Crippen LogP contribution in [0.3, 0.4) is 0 Å². The van der Waals surface area contributed by atoms with Gasteiger partial charge < -0.3 is 25.2 Å². The monoisotopic (exact) mass is 458 g/mol. The van der Waals surface area contributed by atoms with Crippen LogP contribution in [0.25, 0.3) is 0 Å². The van der Waals surface area contributed by atoms with Crippen molar-refractivity contribution in [3.63, 3.8) is 0 Å². The maximum Gasteiger partial charge on any atom is 0.259 e. The van der Waals surface area contributed by atoms with E-state index in [0.717, 1.165) is 37.1 Å². The standard InChI is InChI=1S/C26H35FN2O4/c1-3-4-19-33-23-11-9-22(10-12-23)28-24(30)25(2,31)26(32)14-17-29(18-15-26)16-13-20-5-7-21(27)8-6-20/h5-12,31-32H,3-4,13-19H2,1-2H3,(H,28,30). The van der Waals surface area contributed by atoms with E-state index in [-0.39, 0.29) is 18.7 Å². The van der Waals surface area contributed by atoms with Crippen LogP contribution in [0.4, 0.5) is 10.1 Å². The zero-order valence-corrected chi connectivity index (χ0v) is 19.5. The number of anilines is 1. The molecule has 33 heavy (non-hydrogen) atoms. The van der Waals surface area contributed by atoms with Gasteiger partial charge in [0.2, 0.25) is 0 Å². The Bertz CT molecular complexity index is 892. The number of carbonyl (C=O) groups is 1. The summed E-state index contributed by atoms with van der Waals surface area (Å²) in [5, 5.41) is 24.9. The maximum absolute atomic E-state index is 13.1. The third-order valence-electron chi connectivity index (χ3n) is 6.54. The molecule has 0 aromatic heterocycles. The van der Waals surface area contributed by atoms with E-state index < -0.39 is 17.1 Å². The number of carbonyl (C=O) groups excluding carboxylic acids is 1. The first kappa shape index (κ1) is 25.1. The zero-order chi connectivity index (χ0) is 23.9. The van der Waals surface area contributed by atoms with Gasteiger partial charge >= 0.3 is 0 Å². The quantitative estimate of drug-likeness (QED) is 0.472. The van der Waals surface area contributed by atoms with E-state index in [0.29, 0.717) is 25.4 Å². The van der Waals surface area contributed by atoms with Crippen LogP contribution in [-0.2, 0) is 11.2 Å². The molecule has 1 aliphatic rings. The van der Waals surface area contributed by atoms with E-state index in [9.17, 15) is 19.4 Å². The molecule has 0 aliphatic carbocycles. The van der Waals surface area contributed by atoms with Crippen molar-refractivity contribution in [1.29, 1.82) is 0 Å². The van der Waals surface area contributed by atoms with Gasteiger partial charge in [-0.1, -0.05) is 25.5 Å². The van der Waals surface area contributed by atoms with Gasteiger partial charge in [0.15, 0.2) is 5.60 Å². The van der Waals surface area contributed by atoms with Crippen molar-refractivity contribution >= 4 is 11.6 Å². The molecule has 180 valence electrons. The summed E-state index contributed by atoms with van der Waals surface area (Å²) in [6.45, 7) is 6.00. The predicted octanol–water partition coefficient (Wildman–Crippen LogP) is 3.76. The van der Waals surface area contributed by atoms with Crippen molar-refractivity contribution in [3.05, 3.63) is 59.9 Å². The highest BCUT2D eigenvalue weighted by molar-refractivity contribution is 5.97. The first-order valence-corrected chi connectivity index (χ1v) is 11.7. The van der Waals surface area contributed by atoms with Crippen LogP contribution in [0.5, 0.6) is 5.75 Å². The van der Waals surface area contributed by atoms with Crippen molar-refractivity contribution < 1.29 is 24.1 Å². The summed E-state index contributed by atoms with van der Waals surface area (Å²) < 4.78 is 18.7. The number of amides is 1. The Morgan fingerprint density at radius 1 is 1.15 bits per heavy atom. The average Bonchev–Trinajstić information content (AvgIpc) is 2.81. The van der Waals surface area contributed by atoms with Gasteiger partial charge in [0.25, 0.3) is 5.91 Å². The Hall–Kier alpha value is -2.48. The number of ether oxygens (including phenoxy) is 1. The molecule has 0 saturated carbocycles. The molecular weight excluding hydrogens is 423 g/mol. The fraction of sp³-hybridized carbons (Fsp3) is 0.500. The van der Waals surface area contributed by atoms with Crippen LogP contribution >= 0.6 is 0 Å². The van der Waals surface area contributed by atoms with Crippen molar-refractivity contribution in [1.82, 2.24) is 4.90 Å². The van der Waals surface area contributed by atoms with Crippen LogP contribution in [-0.4, -0.2) is 58.5 Å². The molecule has 1 atom stereocenters. The highest BCUT2D eigenvalue weighted by Crippen LogP contribution is 2.34. The molecular formula is C26H35FN2O4. The number of nitrogens with one attached hydrogen (secondary N) is 1. The van der Waals surface area contributed by atoms with Gasteiger partial charge in [0, 0.05) is 25.3 Å². The molecule has 0 radical (unpaired) electrons. The average molecular weight is 459 g/mol. The molecule has 1 heterocycles. The van der Waals surface area contributed by atoms with Gasteiger partial charge in [0.1, 0.15) is 17.2 Å². The Kier molecular flexibility index (Phi) is 8.46. The fourth-order valence-corrected chi connectivity index (χ4v) is 4.00. The minimum Gasteiger partial charge on any atom is -0.494 e. The lowest BCUT2D eigenvalue weighted by Gasteiger charge is -2.45. The van der Waals surface area contributed by atoms with Gasteiger partial charge in [-0.05, 0) is 74.6 Å². The molecule has 2 aromatic rings. The van der Waals surface area contributed by atoms with E-state index in [1.165, 1.54) is 19.1 Å². The van der Waals surface area contributed by atoms with Crippen molar-refractivity contribution in [2.24, 2.45) is 0 Å². The summed E-state index contributed by atoms with van der Waals surface area (Å²) in [7, 11) is 0. The van der Waals surface area contributed by atoms with Crippen molar-refractivity contribution in [2.75, 3.05) is 31.6 Å². The third-order valence-corrected chi connectivity index (χ3v) is 6.54. The summed E-state index contributed by atoms with van der Waals surface area (Å²) in [4.78, 5) is 15.0. The molecule has 3 N–H and O–H groups in total. The van der Waals surface area contributed by atoms with Crippen LogP contribution in [0, 0.1) is 5.82 Å². The minimum absolute atomic E-state index is 0.251. The van der Waals surface area contributed by atoms with Crippen LogP contribution < -0.4 is 10.1 Å². The number of halogens is 1. The van der Waals surface area contributed by atoms with Crippen molar-refractivity contribution in [2.45, 2.75) is 57.2 Å². The second-order valence-electron chi connectivity index (χ2n) is 9.00. The highest BCUT2D eigenvalue weighted by atomic mass is 19.1. The topological polar surface area (TPSA) is 82.0 Å². The molecule has 1 fully saturated rings. The van der Waals surface area contributed by atoms with Gasteiger partial charge in [-0.15, -0.1) is 0 Å². The van der Waals surface area contributed by atoms with Crippen LogP contribution in [0.1, 0.15) is 45.1 Å². The highest BCUT2D eigenvalue weighted by Gasteiger charge is 2.52. The normalized spacial score (nSPS) is 17.8. The van der Waals surface area contributed by atoms with Crippen LogP contribution in [0.2, 0.25) is 0 Å². The lowest BCUT2D eigenvalue weighted by Crippen LogP contribution is -2.63. The molecule has 3 rings (SSSR count). The number of hydrogen-bond acceptors (Lipinski definition) is 5. The summed E-state index contributed by atoms with van der Waals surface area (Å²) in [5.74, 6) is -0.164. The Morgan fingerprint density at radius 3 is 2.39 bits per heavy atom. The number of hydrogen-bond donors (Lipinski definition) is 3. The summed E-state index contributed by atoms with van der Waals surface area (Å²) in [6, 6.07) is 13.4. The molecule has 0 bridgehead atoms. The summed E-state index contributed by atoms with van der Waals surface area (Å²) in [6.07, 6.45) is 3.36. The lowest BCUT2D eigenvalue weighted by molar-refractivity contribution is -0.177. The smallest absolute Gasteiger partial charge is 0.259 e. The third kappa shape index (κ3) is 6.53. The summed E-state index contributed by atoms with van der Waals surface area (Å²) >= 11 is 0. The first-order valence-electron chi connectivity index (χ1n) is 11.7. The zero-order valence-electron chi connectivity index (χ0n) is 19.5. The van der Waals surface area contributed by atoms with Gasteiger partial charge in [-0.25, -0.2) is 4.39 Å². The van der Waals surface area contributed by atoms with E-state index in [1.54, 1.807) is 36.4 Å². The van der Waals surface area contributed by atoms with E-state index in [1.807, 2.05) is 0 Å². The molecule has 1 unspecified atom stereocenters. The Labute approximate surface area is 195 Å². The Morgan fingerprint density at radius 2 is 1.79 bits per heavy atom. The fourth-order valence-electron chi connectivity index (χ4n) is 4.00.